The van der Waals surface area contributed by atoms with E-state index in [-0.39, 0.29) is 6.10 Å². The standard InChI is InChI=1S/C12H23F2NO/c1-4-6-15-12(11(13)14)5-7-16-10(8-12)9(2)3/h9-11,15H,4-8H2,1-3H3. The van der Waals surface area contributed by atoms with Gasteiger partial charge in [0.25, 0.3) is 6.43 Å². The van der Waals surface area contributed by atoms with Gasteiger partial charge >= 0.3 is 0 Å². The second kappa shape index (κ2) is 5.92. The molecule has 1 heterocycles. The molecule has 1 rings (SSSR count). The number of rotatable bonds is 5. The molecule has 0 aromatic rings. The van der Waals surface area contributed by atoms with Crippen molar-refractivity contribution in [1.29, 1.82) is 0 Å². The third-order valence-corrected chi connectivity index (χ3v) is 3.33. The maximum Gasteiger partial charge on any atom is 0.256 e. The highest BCUT2D eigenvalue weighted by Crippen LogP contribution is 2.33. The quantitative estimate of drug-likeness (QED) is 0.791. The third kappa shape index (κ3) is 3.14. The SMILES string of the molecule is CCCNC1(C(F)F)CCOC(C(C)C)C1. The summed E-state index contributed by atoms with van der Waals surface area (Å²) < 4.78 is 32.0. The highest BCUT2D eigenvalue weighted by molar-refractivity contribution is 4.96. The smallest absolute Gasteiger partial charge is 0.256 e. The van der Waals surface area contributed by atoms with Crippen molar-refractivity contribution in [3.05, 3.63) is 0 Å². The normalized spacial score (nSPS) is 31.3. The van der Waals surface area contributed by atoms with Gasteiger partial charge < -0.3 is 10.1 Å². The van der Waals surface area contributed by atoms with Crippen LogP contribution in [0.1, 0.15) is 40.0 Å². The van der Waals surface area contributed by atoms with Gasteiger partial charge in [-0.3, -0.25) is 0 Å². The average molecular weight is 235 g/mol. The van der Waals surface area contributed by atoms with E-state index in [0.29, 0.717) is 31.9 Å². The van der Waals surface area contributed by atoms with Crippen LogP contribution in [0.5, 0.6) is 0 Å². The lowest BCUT2D eigenvalue weighted by molar-refractivity contribution is -0.0973. The van der Waals surface area contributed by atoms with E-state index >= 15 is 0 Å². The second-order valence-electron chi connectivity index (χ2n) is 4.99. The van der Waals surface area contributed by atoms with Crippen LogP contribution < -0.4 is 5.32 Å². The number of halogens is 2. The molecular weight excluding hydrogens is 212 g/mol. The molecule has 0 radical (unpaired) electrons. The van der Waals surface area contributed by atoms with E-state index in [9.17, 15) is 8.78 Å². The molecule has 0 bridgehead atoms. The largest absolute Gasteiger partial charge is 0.378 e. The molecular formula is C12H23F2NO. The summed E-state index contributed by atoms with van der Waals surface area (Å²) in [5.41, 5.74) is -1.02. The van der Waals surface area contributed by atoms with E-state index in [4.69, 9.17) is 4.74 Å². The Morgan fingerprint density at radius 3 is 2.62 bits per heavy atom. The molecule has 1 aliphatic heterocycles. The van der Waals surface area contributed by atoms with Gasteiger partial charge in [0, 0.05) is 6.61 Å². The zero-order chi connectivity index (χ0) is 12.2. The van der Waals surface area contributed by atoms with Crippen LogP contribution >= 0.6 is 0 Å². The number of ether oxygens (including phenoxy) is 1. The monoisotopic (exact) mass is 235 g/mol. The minimum Gasteiger partial charge on any atom is -0.378 e. The highest BCUT2D eigenvalue weighted by atomic mass is 19.3. The molecule has 1 N–H and O–H groups in total. The van der Waals surface area contributed by atoms with Crippen LogP contribution in [0.3, 0.4) is 0 Å². The van der Waals surface area contributed by atoms with Crippen LogP contribution in [0.4, 0.5) is 8.78 Å². The van der Waals surface area contributed by atoms with E-state index in [1.165, 1.54) is 0 Å². The molecule has 1 fully saturated rings. The Balaban J connectivity index is 2.68. The van der Waals surface area contributed by atoms with Crippen molar-refractivity contribution in [3.63, 3.8) is 0 Å². The van der Waals surface area contributed by atoms with E-state index in [2.05, 4.69) is 5.32 Å². The first-order chi connectivity index (χ1) is 7.52. The third-order valence-electron chi connectivity index (χ3n) is 3.33. The minimum atomic E-state index is -2.32. The molecule has 0 aliphatic carbocycles. The molecule has 1 saturated heterocycles. The number of nitrogens with one attached hydrogen (secondary N) is 1. The molecule has 2 unspecified atom stereocenters. The minimum absolute atomic E-state index is 0.0490. The Bertz CT molecular complexity index is 211. The summed E-state index contributed by atoms with van der Waals surface area (Å²) in [5, 5.41) is 3.04. The van der Waals surface area contributed by atoms with Crippen molar-refractivity contribution < 1.29 is 13.5 Å². The van der Waals surface area contributed by atoms with Gasteiger partial charge in [0.1, 0.15) is 0 Å². The summed E-state index contributed by atoms with van der Waals surface area (Å²) in [7, 11) is 0. The Morgan fingerprint density at radius 1 is 1.44 bits per heavy atom. The number of hydrogen-bond donors (Lipinski definition) is 1. The van der Waals surface area contributed by atoms with Crippen LogP contribution in [0.15, 0.2) is 0 Å². The van der Waals surface area contributed by atoms with Crippen LogP contribution in [-0.4, -0.2) is 31.2 Å². The molecule has 2 nitrogen and oxygen atoms in total. The fourth-order valence-electron chi connectivity index (χ4n) is 2.15. The molecule has 1 aliphatic rings. The van der Waals surface area contributed by atoms with Gasteiger partial charge in [-0.1, -0.05) is 20.8 Å². The fourth-order valence-corrected chi connectivity index (χ4v) is 2.15. The molecule has 2 atom stereocenters. The lowest BCUT2D eigenvalue weighted by Crippen LogP contribution is -2.57. The molecule has 0 saturated carbocycles. The molecule has 0 spiro atoms. The summed E-state index contributed by atoms with van der Waals surface area (Å²) in [6.45, 7) is 7.11. The van der Waals surface area contributed by atoms with E-state index in [0.717, 1.165) is 6.42 Å². The predicted molar refractivity (Wildman–Crippen MR) is 60.8 cm³/mol. The maximum absolute atomic E-state index is 13.2. The zero-order valence-corrected chi connectivity index (χ0v) is 10.4. The summed E-state index contributed by atoms with van der Waals surface area (Å²) in [6.07, 6.45) is -0.658. The van der Waals surface area contributed by atoms with Crippen molar-refractivity contribution in [3.8, 4) is 0 Å². The highest BCUT2D eigenvalue weighted by Gasteiger charge is 2.44. The molecule has 4 heteroatoms. The average Bonchev–Trinajstić information content (AvgIpc) is 2.26. The summed E-state index contributed by atoms with van der Waals surface area (Å²) in [5.74, 6) is 0.293. The Labute approximate surface area is 96.7 Å². The van der Waals surface area contributed by atoms with Gasteiger partial charge in [0.05, 0.1) is 11.6 Å². The molecule has 96 valence electrons. The van der Waals surface area contributed by atoms with Gasteiger partial charge in [-0.25, -0.2) is 8.78 Å². The molecule has 0 amide bonds. The fraction of sp³-hybridized carbons (Fsp3) is 1.00. The number of hydrogen-bond acceptors (Lipinski definition) is 2. The maximum atomic E-state index is 13.2. The zero-order valence-electron chi connectivity index (χ0n) is 10.4. The molecule has 16 heavy (non-hydrogen) atoms. The van der Waals surface area contributed by atoms with Crippen molar-refractivity contribution in [2.75, 3.05) is 13.2 Å². The Hall–Kier alpha value is -0.220. The first kappa shape index (κ1) is 13.8. The van der Waals surface area contributed by atoms with Crippen molar-refractivity contribution in [2.45, 2.75) is 58.1 Å². The summed E-state index contributed by atoms with van der Waals surface area (Å²) >= 11 is 0. The first-order valence-corrected chi connectivity index (χ1v) is 6.16. The van der Waals surface area contributed by atoms with Crippen molar-refractivity contribution >= 4 is 0 Å². The van der Waals surface area contributed by atoms with E-state index in [1.807, 2.05) is 20.8 Å². The van der Waals surface area contributed by atoms with Gasteiger partial charge in [-0.2, -0.15) is 0 Å². The first-order valence-electron chi connectivity index (χ1n) is 6.16. The number of alkyl halides is 2. The van der Waals surface area contributed by atoms with Crippen LogP contribution in [0, 0.1) is 5.92 Å². The van der Waals surface area contributed by atoms with Crippen molar-refractivity contribution in [1.82, 2.24) is 5.32 Å². The van der Waals surface area contributed by atoms with Crippen molar-refractivity contribution in [2.24, 2.45) is 5.92 Å². The molecule has 0 aromatic carbocycles. The summed E-state index contributed by atoms with van der Waals surface area (Å²) in [6, 6.07) is 0. The lowest BCUT2D eigenvalue weighted by Gasteiger charge is -2.42. The van der Waals surface area contributed by atoms with Crippen LogP contribution in [-0.2, 0) is 4.74 Å². The lowest BCUT2D eigenvalue weighted by atomic mass is 9.83. The molecule has 0 aromatic heterocycles. The Morgan fingerprint density at radius 2 is 2.12 bits per heavy atom. The second-order valence-corrected chi connectivity index (χ2v) is 4.99. The van der Waals surface area contributed by atoms with Gasteiger partial charge in [0.2, 0.25) is 0 Å². The van der Waals surface area contributed by atoms with E-state index < -0.39 is 12.0 Å². The Kier molecular flexibility index (Phi) is 5.12. The van der Waals surface area contributed by atoms with Gasteiger partial charge in [-0.05, 0) is 31.7 Å². The van der Waals surface area contributed by atoms with Gasteiger partial charge in [-0.15, -0.1) is 0 Å². The van der Waals surface area contributed by atoms with Crippen LogP contribution in [0.25, 0.3) is 0 Å². The topological polar surface area (TPSA) is 21.3 Å². The van der Waals surface area contributed by atoms with Gasteiger partial charge in [0.15, 0.2) is 0 Å². The van der Waals surface area contributed by atoms with Crippen LogP contribution in [0.2, 0.25) is 0 Å². The summed E-state index contributed by atoms with van der Waals surface area (Å²) in [4.78, 5) is 0. The van der Waals surface area contributed by atoms with E-state index in [1.54, 1.807) is 0 Å². The predicted octanol–water partition coefficient (Wildman–Crippen LogP) is 2.82.